The Bertz CT molecular complexity index is 833. The summed E-state index contributed by atoms with van der Waals surface area (Å²) in [7, 11) is 0. The Balaban J connectivity index is 1.95. The van der Waals surface area contributed by atoms with Crippen molar-refractivity contribution < 1.29 is 14.1 Å². The quantitative estimate of drug-likeness (QED) is 0.640. The van der Waals surface area contributed by atoms with E-state index in [4.69, 9.17) is 0 Å². The van der Waals surface area contributed by atoms with E-state index in [1.807, 2.05) is 0 Å². The summed E-state index contributed by atoms with van der Waals surface area (Å²) in [6.45, 7) is 1.39. The molecule has 0 unspecified atom stereocenters. The van der Waals surface area contributed by atoms with Crippen LogP contribution >= 0.6 is 0 Å². The first kappa shape index (κ1) is 15.8. The van der Waals surface area contributed by atoms with Crippen LogP contribution in [0.25, 0.3) is 0 Å². The van der Waals surface area contributed by atoms with Gasteiger partial charge in [-0.2, -0.15) is 5.10 Å². The van der Waals surface area contributed by atoms with E-state index >= 15 is 0 Å². The minimum atomic E-state index is -0.474. The number of carbonyl (C=O) groups is 1. The van der Waals surface area contributed by atoms with Gasteiger partial charge >= 0.3 is 0 Å². The minimum Gasteiger partial charge on any atom is -0.273 e. The third-order valence-corrected chi connectivity index (χ3v) is 3.88. The zero-order chi connectivity index (χ0) is 17.3. The third kappa shape index (κ3) is 3.01. The average molecular weight is 327 g/mol. The summed E-state index contributed by atoms with van der Waals surface area (Å²) in [6, 6.07) is 11.6. The second-order valence-electron chi connectivity index (χ2n) is 5.49. The van der Waals surface area contributed by atoms with Gasteiger partial charge in [0.05, 0.1) is 16.7 Å². The largest absolute Gasteiger partial charge is 0.273 e. The Kier molecular flexibility index (Phi) is 4.07. The maximum atomic E-state index is 13.1. The van der Waals surface area contributed by atoms with Crippen LogP contribution in [-0.4, -0.2) is 21.6 Å². The van der Waals surface area contributed by atoms with Gasteiger partial charge in [-0.1, -0.05) is 24.3 Å². The van der Waals surface area contributed by atoms with Gasteiger partial charge in [-0.25, -0.2) is 9.40 Å². The lowest BCUT2D eigenvalue weighted by molar-refractivity contribution is -0.384. The van der Waals surface area contributed by atoms with Gasteiger partial charge in [0.15, 0.2) is 0 Å². The van der Waals surface area contributed by atoms with E-state index in [-0.39, 0.29) is 17.4 Å². The molecule has 0 aromatic heterocycles. The molecule has 3 rings (SSSR count). The lowest BCUT2D eigenvalue weighted by Gasteiger charge is -2.20. The molecule has 0 aliphatic carbocycles. The molecule has 0 N–H and O–H groups in total. The van der Waals surface area contributed by atoms with Crippen LogP contribution in [0.1, 0.15) is 30.5 Å². The molecule has 6 nitrogen and oxygen atoms in total. The summed E-state index contributed by atoms with van der Waals surface area (Å²) in [5, 5.41) is 16.6. The third-order valence-electron chi connectivity index (χ3n) is 3.88. The lowest BCUT2D eigenvalue weighted by atomic mass is 9.98. The number of halogens is 1. The Hall–Kier alpha value is -3.09. The Morgan fingerprint density at radius 2 is 2.00 bits per heavy atom. The predicted octanol–water partition coefficient (Wildman–Crippen LogP) is 3.43. The fourth-order valence-electron chi connectivity index (χ4n) is 2.72. The first-order valence-electron chi connectivity index (χ1n) is 7.33. The van der Waals surface area contributed by atoms with E-state index in [0.717, 1.165) is 5.56 Å². The van der Waals surface area contributed by atoms with Gasteiger partial charge in [0, 0.05) is 25.5 Å². The summed E-state index contributed by atoms with van der Waals surface area (Å²) < 4.78 is 13.1. The fourth-order valence-corrected chi connectivity index (χ4v) is 2.72. The number of nitro benzene ring substituents is 1. The number of rotatable bonds is 3. The second-order valence-corrected chi connectivity index (χ2v) is 5.49. The smallest absolute Gasteiger partial charge is 0.269 e. The Morgan fingerprint density at radius 3 is 2.62 bits per heavy atom. The molecule has 2 aromatic rings. The molecule has 1 aliphatic rings. The van der Waals surface area contributed by atoms with Crippen LogP contribution in [0.15, 0.2) is 53.6 Å². The van der Waals surface area contributed by atoms with Gasteiger partial charge in [0.2, 0.25) is 5.91 Å². The second kappa shape index (κ2) is 6.19. The number of hydrazone groups is 1. The molecular weight excluding hydrogens is 313 g/mol. The minimum absolute atomic E-state index is 0.0359. The van der Waals surface area contributed by atoms with Crippen LogP contribution in [0.2, 0.25) is 0 Å². The summed E-state index contributed by atoms with van der Waals surface area (Å²) in [5.74, 6) is -0.611. The molecule has 0 saturated carbocycles. The fraction of sp³-hybridized carbons (Fsp3) is 0.176. The number of nitro groups is 1. The van der Waals surface area contributed by atoms with Crippen LogP contribution in [-0.2, 0) is 4.79 Å². The van der Waals surface area contributed by atoms with Crippen molar-refractivity contribution in [1.29, 1.82) is 0 Å². The molecule has 1 atom stereocenters. The number of benzene rings is 2. The molecule has 0 bridgehead atoms. The van der Waals surface area contributed by atoms with Crippen LogP contribution in [0.4, 0.5) is 10.1 Å². The molecule has 2 aromatic carbocycles. The van der Waals surface area contributed by atoms with Crippen molar-refractivity contribution >= 4 is 17.3 Å². The Morgan fingerprint density at radius 1 is 1.29 bits per heavy atom. The van der Waals surface area contributed by atoms with Gasteiger partial charge in [0.25, 0.3) is 5.69 Å². The van der Waals surface area contributed by atoms with Gasteiger partial charge < -0.3 is 0 Å². The van der Waals surface area contributed by atoms with E-state index in [1.165, 1.54) is 36.2 Å². The summed E-state index contributed by atoms with van der Waals surface area (Å²) in [6.07, 6.45) is 0.409. The van der Waals surface area contributed by atoms with Crippen LogP contribution < -0.4 is 0 Å². The van der Waals surface area contributed by atoms with E-state index in [0.29, 0.717) is 17.7 Å². The average Bonchev–Trinajstić information content (AvgIpc) is 3.01. The van der Waals surface area contributed by atoms with Crippen molar-refractivity contribution in [2.24, 2.45) is 5.10 Å². The van der Waals surface area contributed by atoms with Crippen molar-refractivity contribution in [1.82, 2.24) is 5.01 Å². The lowest BCUT2D eigenvalue weighted by Crippen LogP contribution is -2.24. The van der Waals surface area contributed by atoms with E-state index in [2.05, 4.69) is 5.10 Å². The molecule has 1 amide bonds. The highest BCUT2D eigenvalue weighted by Crippen LogP contribution is 2.34. The van der Waals surface area contributed by atoms with Crippen molar-refractivity contribution in [3.8, 4) is 0 Å². The van der Waals surface area contributed by atoms with Gasteiger partial charge in [-0.3, -0.25) is 14.9 Å². The summed E-state index contributed by atoms with van der Waals surface area (Å²) in [5.41, 5.74) is 1.96. The number of hydrogen-bond acceptors (Lipinski definition) is 4. The molecule has 7 heteroatoms. The number of nitrogens with zero attached hydrogens (tertiary/aromatic N) is 3. The maximum Gasteiger partial charge on any atom is 0.269 e. The van der Waals surface area contributed by atoms with Crippen molar-refractivity contribution in [2.45, 2.75) is 19.4 Å². The van der Waals surface area contributed by atoms with Gasteiger partial charge in [0.1, 0.15) is 5.82 Å². The van der Waals surface area contributed by atoms with Crippen LogP contribution in [0, 0.1) is 15.9 Å². The van der Waals surface area contributed by atoms with Crippen LogP contribution in [0.3, 0.4) is 0 Å². The molecule has 24 heavy (non-hydrogen) atoms. The first-order valence-corrected chi connectivity index (χ1v) is 7.33. The maximum absolute atomic E-state index is 13.1. The zero-order valence-electron chi connectivity index (χ0n) is 12.8. The SMILES string of the molecule is CC(=O)N1N=C(c2ccc(F)cc2)C[C@H]1c1cccc([N+](=O)[O-])c1. The first-order chi connectivity index (χ1) is 11.5. The van der Waals surface area contributed by atoms with E-state index in [1.54, 1.807) is 24.3 Å². The molecule has 0 spiro atoms. The molecule has 0 saturated heterocycles. The number of amides is 1. The predicted molar refractivity (Wildman–Crippen MR) is 85.9 cm³/mol. The molecule has 1 heterocycles. The summed E-state index contributed by atoms with van der Waals surface area (Å²) >= 11 is 0. The monoisotopic (exact) mass is 327 g/mol. The summed E-state index contributed by atoms with van der Waals surface area (Å²) in [4.78, 5) is 22.4. The highest BCUT2D eigenvalue weighted by atomic mass is 19.1. The zero-order valence-corrected chi connectivity index (χ0v) is 12.8. The molecule has 0 radical (unpaired) electrons. The number of hydrogen-bond donors (Lipinski definition) is 0. The van der Waals surface area contributed by atoms with E-state index < -0.39 is 11.0 Å². The highest BCUT2D eigenvalue weighted by Gasteiger charge is 2.32. The van der Waals surface area contributed by atoms with Crippen LogP contribution in [0.5, 0.6) is 0 Å². The molecule has 122 valence electrons. The topological polar surface area (TPSA) is 75.8 Å². The number of carbonyl (C=O) groups excluding carboxylic acids is 1. The molecule has 1 aliphatic heterocycles. The highest BCUT2D eigenvalue weighted by molar-refractivity contribution is 6.03. The van der Waals surface area contributed by atoms with Gasteiger partial charge in [-0.05, 0) is 23.3 Å². The van der Waals surface area contributed by atoms with Crippen molar-refractivity contribution in [3.05, 3.63) is 75.6 Å². The number of non-ortho nitro benzene ring substituents is 1. The van der Waals surface area contributed by atoms with Gasteiger partial charge in [-0.15, -0.1) is 0 Å². The Labute approximate surface area is 137 Å². The van der Waals surface area contributed by atoms with E-state index in [9.17, 15) is 19.3 Å². The normalized spacial score (nSPS) is 16.8. The van der Waals surface area contributed by atoms with Crippen molar-refractivity contribution in [3.63, 3.8) is 0 Å². The molecule has 0 fully saturated rings. The molecular formula is C17H14FN3O3. The standard InChI is InChI=1S/C17H14FN3O3/c1-11(22)20-17(13-3-2-4-15(9-13)21(23)24)10-16(19-20)12-5-7-14(18)8-6-12/h2-9,17H,10H2,1H3/t17-/m0/s1. The van der Waals surface area contributed by atoms with Crippen molar-refractivity contribution in [2.75, 3.05) is 0 Å².